The summed E-state index contributed by atoms with van der Waals surface area (Å²) in [4.78, 5) is 11.1. The van der Waals surface area contributed by atoms with Crippen LogP contribution < -0.4 is 14.8 Å². The van der Waals surface area contributed by atoms with Crippen LogP contribution in [0.3, 0.4) is 0 Å². The Kier molecular flexibility index (Phi) is 6.59. The zero-order valence-electron chi connectivity index (χ0n) is 15.0. The molecule has 0 aliphatic carbocycles. The van der Waals surface area contributed by atoms with Crippen molar-refractivity contribution in [2.24, 2.45) is 0 Å². The summed E-state index contributed by atoms with van der Waals surface area (Å²) in [7, 11) is -4.76. The van der Waals surface area contributed by atoms with Gasteiger partial charge in [0.15, 0.2) is 0 Å². The Bertz CT molecular complexity index is 1060. The van der Waals surface area contributed by atoms with E-state index in [1.54, 1.807) is 0 Å². The Hall–Kier alpha value is -3.17. The van der Waals surface area contributed by atoms with Crippen LogP contribution in [0.15, 0.2) is 47.4 Å². The van der Waals surface area contributed by atoms with Crippen molar-refractivity contribution in [3.05, 3.63) is 53.6 Å². The maximum absolute atomic E-state index is 12.8. The normalized spacial score (nSPS) is 12.9. The first-order valence-electron chi connectivity index (χ1n) is 7.86. The molecule has 2 amide bonds. The quantitative estimate of drug-likeness (QED) is 0.575. The molecule has 0 radical (unpaired) electrons. The van der Waals surface area contributed by atoms with Gasteiger partial charge < -0.3 is 10.1 Å². The monoisotopic (exact) mass is 496 g/mol. The van der Waals surface area contributed by atoms with Crippen molar-refractivity contribution in [3.8, 4) is 5.75 Å². The fourth-order valence-electron chi connectivity index (χ4n) is 2.19. The molecule has 0 aliphatic heterocycles. The van der Waals surface area contributed by atoms with Gasteiger partial charge in [-0.25, -0.2) is 17.9 Å². The number of hydrogen-bond donors (Lipinski definition) is 2. The first-order chi connectivity index (χ1) is 14.4. The molecule has 0 aliphatic rings. The van der Waals surface area contributed by atoms with Crippen LogP contribution in [0, 0.1) is 0 Å². The minimum Gasteiger partial charge on any atom is -0.406 e. The Labute approximate surface area is 173 Å². The van der Waals surface area contributed by atoms with E-state index in [9.17, 15) is 52.7 Å². The highest BCUT2D eigenvalue weighted by Gasteiger charge is 2.37. The molecule has 176 valence electrons. The molecule has 0 fully saturated rings. The Morgan fingerprint density at radius 1 is 0.781 bits per heavy atom. The number of carbonyl (C=O) groups is 1. The van der Waals surface area contributed by atoms with Crippen molar-refractivity contribution in [2.75, 3.05) is 5.32 Å². The smallest absolute Gasteiger partial charge is 0.406 e. The average molecular weight is 496 g/mol. The number of benzene rings is 2. The van der Waals surface area contributed by atoms with Gasteiger partial charge >= 0.3 is 24.7 Å². The standard InChI is InChI=1S/C16H9F9N2O4S/c17-14(18,19)8-5-9(15(20,21)22)7-10(6-8)26-13(28)27-32(29,30)12-3-1-11(2-4-12)31-16(23,24)25/h1-7H,(H2,26,27,28). The van der Waals surface area contributed by atoms with Gasteiger partial charge in [-0.1, -0.05) is 0 Å². The lowest BCUT2D eigenvalue weighted by molar-refractivity contribution is -0.274. The summed E-state index contributed by atoms with van der Waals surface area (Å²) in [6, 6.07) is 0.781. The lowest BCUT2D eigenvalue weighted by Crippen LogP contribution is -2.34. The lowest BCUT2D eigenvalue weighted by Gasteiger charge is -2.15. The number of carbonyl (C=O) groups excluding carboxylic acids is 1. The first kappa shape index (κ1) is 25.1. The number of urea groups is 1. The molecule has 0 heterocycles. The molecule has 0 atom stereocenters. The zero-order valence-corrected chi connectivity index (χ0v) is 15.8. The molecule has 0 saturated carbocycles. The van der Waals surface area contributed by atoms with Gasteiger partial charge in [-0.2, -0.15) is 26.3 Å². The topological polar surface area (TPSA) is 84.5 Å². The van der Waals surface area contributed by atoms with E-state index in [-0.39, 0.29) is 18.2 Å². The molecule has 16 heteroatoms. The molecule has 2 N–H and O–H groups in total. The van der Waals surface area contributed by atoms with Gasteiger partial charge in [-0.15, -0.1) is 13.2 Å². The summed E-state index contributed by atoms with van der Waals surface area (Å²) in [6.45, 7) is 0. The van der Waals surface area contributed by atoms with Crippen LogP contribution in [-0.4, -0.2) is 20.8 Å². The van der Waals surface area contributed by atoms with Gasteiger partial charge in [0.05, 0.1) is 16.0 Å². The molecule has 0 aromatic heterocycles. The summed E-state index contributed by atoms with van der Waals surface area (Å²) in [5.74, 6) is -0.787. The molecule has 0 unspecified atom stereocenters. The van der Waals surface area contributed by atoms with Gasteiger partial charge in [-0.3, -0.25) is 0 Å². The number of hydrogen-bond acceptors (Lipinski definition) is 4. The molecule has 32 heavy (non-hydrogen) atoms. The molecule has 2 aromatic rings. The molecule has 2 aromatic carbocycles. The minimum absolute atomic E-state index is 0.144. The average Bonchev–Trinajstić information content (AvgIpc) is 2.58. The van der Waals surface area contributed by atoms with Gasteiger partial charge in [0.1, 0.15) is 5.75 Å². The summed E-state index contributed by atoms with van der Waals surface area (Å²) >= 11 is 0. The lowest BCUT2D eigenvalue weighted by atomic mass is 10.1. The van der Waals surface area contributed by atoms with Crippen LogP contribution in [0.2, 0.25) is 0 Å². The molecular formula is C16H9F9N2O4S. The Morgan fingerprint density at radius 2 is 1.25 bits per heavy atom. The number of amides is 2. The summed E-state index contributed by atoms with van der Waals surface area (Å²) < 4.78 is 142. The molecule has 0 saturated heterocycles. The van der Waals surface area contributed by atoms with Crippen molar-refractivity contribution in [1.82, 2.24) is 4.72 Å². The third-order valence-electron chi connectivity index (χ3n) is 3.44. The van der Waals surface area contributed by atoms with Gasteiger partial charge in [-0.05, 0) is 42.5 Å². The van der Waals surface area contributed by atoms with E-state index < -0.39 is 62.2 Å². The van der Waals surface area contributed by atoms with Crippen LogP contribution in [0.4, 0.5) is 50.0 Å². The number of ether oxygens (including phenoxy) is 1. The van der Waals surface area contributed by atoms with Crippen LogP contribution in [0.25, 0.3) is 0 Å². The van der Waals surface area contributed by atoms with Crippen molar-refractivity contribution in [1.29, 1.82) is 0 Å². The van der Waals surface area contributed by atoms with Crippen molar-refractivity contribution < 1.29 is 57.5 Å². The third kappa shape index (κ3) is 6.93. The maximum Gasteiger partial charge on any atom is 0.573 e. The molecule has 0 spiro atoms. The Morgan fingerprint density at radius 3 is 1.66 bits per heavy atom. The van der Waals surface area contributed by atoms with E-state index in [0.717, 1.165) is 0 Å². The van der Waals surface area contributed by atoms with E-state index in [2.05, 4.69) is 4.74 Å². The largest absolute Gasteiger partial charge is 0.573 e. The predicted molar refractivity (Wildman–Crippen MR) is 88.9 cm³/mol. The SMILES string of the molecule is O=C(Nc1cc(C(F)(F)F)cc(C(F)(F)F)c1)NS(=O)(=O)c1ccc(OC(F)(F)F)cc1. The fourth-order valence-corrected chi connectivity index (χ4v) is 3.09. The van der Waals surface area contributed by atoms with Gasteiger partial charge in [0.25, 0.3) is 10.0 Å². The highest BCUT2D eigenvalue weighted by atomic mass is 32.2. The molecular weight excluding hydrogens is 487 g/mol. The zero-order chi connectivity index (χ0) is 24.5. The Balaban J connectivity index is 2.22. The summed E-state index contributed by atoms with van der Waals surface area (Å²) in [6.07, 6.45) is -15.5. The first-order valence-corrected chi connectivity index (χ1v) is 9.34. The second-order valence-electron chi connectivity index (χ2n) is 5.87. The number of sulfonamides is 1. The highest BCUT2D eigenvalue weighted by Crippen LogP contribution is 2.37. The number of anilines is 1. The number of alkyl halides is 9. The second kappa shape index (κ2) is 8.40. The van der Waals surface area contributed by atoms with Crippen LogP contribution in [-0.2, 0) is 22.4 Å². The molecule has 6 nitrogen and oxygen atoms in total. The summed E-state index contributed by atoms with van der Waals surface area (Å²) in [5, 5.41) is 1.53. The van der Waals surface area contributed by atoms with Crippen LogP contribution in [0.5, 0.6) is 5.75 Å². The molecule has 2 rings (SSSR count). The number of rotatable bonds is 4. The van der Waals surface area contributed by atoms with E-state index in [1.807, 2.05) is 0 Å². The molecule has 0 bridgehead atoms. The van der Waals surface area contributed by atoms with E-state index in [1.165, 1.54) is 10.0 Å². The second-order valence-corrected chi connectivity index (χ2v) is 7.56. The number of halogens is 9. The predicted octanol–water partition coefficient (Wildman–Crippen LogP) is 5.13. The maximum atomic E-state index is 12.8. The summed E-state index contributed by atoms with van der Waals surface area (Å²) in [5.41, 5.74) is -4.54. The van der Waals surface area contributed by atoms with Crippen molar-refractivity contribution >= 4 is 21.7 Å². The van der Waals surface area contributed by atoms with Crippen LogP contribution >= 0.6 is 0 Å². The highest BCUT2D eigenvalue weighted by molar-refractivity contribution is 7.90. The minimum atomic E-state index is -5.21. The van der Waals surface area contributed by atoms with E-state index in [4.69, 9.17) is 0 Å². The van der Waals surface area contributed by atoms with Crippen molar-refractivity contribution in [3.63, 3.8) is 0 Å². The van der Waals surface area contributed by atoms with Crippen LogP contribution in [0.1, 0.15) is 11.1 Å². The van der Waals surface area contributed by atoms with Gasteiger partial charge in [0, 0.05) is 5.69 Å². The third-order valence-corrected chi connectivity index (χ3v) is 4.79. The van der Waals surface area contributed by atoms with Crippen molar-refractivity contribution in [2.45, 2.75) is 23.6 Å². The van der Waals surface area contributed by atoms with E-state index in [0.29, 0.717) is 24.3 Å². The van der Waals surface area contributed by atoms with Gasteiger partial charge in [0.2, 0.25) is 0 Å². The fraction of sp³-hybridized carbons (Fsp3) is 0.188. The van der Waals surface area contributed by atoms with E-state index >= 15 is 0 Å². The number of nitrogens with one attached hydrogen (secondary N) is 2.